The molecule has 3 atom stereocenters. The topological polar surface area (TPSA) is 52.9 Å². The van der Waals surface area contributed by atoms with Crippen LogP contribution in [0, 0.1) is 34.9 Å². The summed E-state index contributed by atoms with van der Waals surface area (Å²) < 4.78 is 12.9. The zero-order chi connectivity index (χ0) is 15.2. The molecule has 3 nitrogen and oxygen atoms in total. The van der Waals surface area contributed by atoms with Gasteiger partial charge in [0.25, 0.3) is 0 Å². The van der Waals surface area contributed by atoms with E-state index in [1.54, 1.807) is 23.9 Å². The van der Waals surface area contributed by atoms with Crippen molar-refractivity contribution in [2.75, 3.05) is 12.3 Å². The van der Waals surface area contributed by atoms with Crippen molar-refractivity contribution < 1.29 is 9.18 Å². The average molecular weight is 306 g/mol. The van der Waals surface area contributed by atoms with Gasteiger partial charge in [0, 0.05) is 16.6 Å². The molecule has 1 fully saturated rings. The summed E-state index contributed by atoms with van der Waals surface area (Å²) >= 11 is 1.66. The second-order valence-corrected chi connectivity index (χ2v) is 6.68. The second-order valence-electron chi connectivity index (χ2n) is 5.58. The third-order valence-corrected chi connectivity index (χ3v) is 5.09. The molecule has 5 heteroatoms. The Morgan fingerprint density at radius 1 is 1.43 bits per heavy atom. The summed E-state index contributed by atoms with van der Waals surface area (Å²) in [5.74, 6) is 1.44. The normalized spacial score (nSPS) is 24.5. The number of amides is 1. The predicted molar refractivity (Wildman–Crippen MR) is 81.1 cm³/mol. The maximum atomic E-state index is 12.9. The fourth-order valence-electron chi connectivity index (χ4n) is 2.90. The highest BCUT2D eigenvalue weighted by Gasteiger charge is 2.36. The van der Waals surface area contributed by atoms with Crippen LogP contribution in [0.25, 0.3) is 0 Å². The minimum Gasteiger partial charge on any atom is -0.343 e. The Balaban J connectivity index is 1.92. The van der Waals surface area contributed by atoms with Crippen LogP contribution in [0.1, 0.15) is 19.8 Å². The molecule has 0 heterocycles. The lowest BCUT2D eigenvalue weighted by atomic mass is 9.97. The van der Waals surface area contributed by atoms with Gasteiger partial charge in [0.2, 0.25) is 5.91 Å². The molecule has 0 aromatic heterocycles. The van der Waals surface area contributed by atoms with Crippen LogP contribution in [0.5, 0.6) is 0 Å². The first-order chi connectivity index (χ1) is 10.1. The third-order valence-electron chi connectivity index (χ3n) is 3.89. The minimum absolute atomic E-state index is 0.00870. The number of thioether (sulfide) groups is 1. The van der Waals surface area contributed by atoms with Gasteiger partial charge >= 0.3 is 0 Å². The van der Waals surface area contributed by atoms with E-state index in [0.29, 0.717) is 11.8 Å². The van der Waals surface area contributed by atoms with Gasteiger partial charge < -0.3 is 5.32 Å². The molecule has 1 aromatic carbocycles. The van der Waals surface area contributed by atoms with E-state index in [4.69, 9.17) is 5.26 Å². The minimum atomic E-state index is -0.234. The van der Waals surface area contributed by atoms with Gasteiger partial charge in [-0.1, -0.05) is 6.92 Å². The Hall–Kier alpha value is -1.54. The molecule has 0 radical (unpaired) electrons. The molecule has 1 aliphatic carbocycles. The first-order valence-corrected chi connectivity index (χ1v) is 8.11. The van der Waals surface area contributed by atoms with Crippen LogP contribution in [-0.4, -0.2) is 18.2 Å². The number of nitriles is 1. The fourth-order valence-corrected chi connectivity index (χ4v) is 4.00. The zero-order valence-electron chi connectivity index (χ0n) is 12.0. The Morgan fingerprint density at radius 2 is 2.14 bits per heavy atom. The van der Waals surface area contributed by atoms with Crippen LogP contribution in [0.3, 0.4) is 0 Å². The summed E-state index contributed by atoms with van der Waals surface area (Å²) in [7, 11) is 0. The molecule has 2 rings (SSSR count). The molecule has 1 N–H and O–H groups in total. The van der Waals surface area contributed by atoms with Crippen molar-refractivity contribution >= 4 is 17.7 Å². The van der Waals surface area contributed by atoms with Crippen LogP contribution in [0.4, 0.5) is 4.39 Å². The molecule has 0 spiro atoms. The SMILES string of the molecule is CC1C[C@@H](CSc2ccc(F)cc2)[C@H](C(=O)NCC#N)C1. The molecule has 0 bridgehead atoms. The summed E-state index contributed by atoms with van der Waals surface area (Å²) in [6, 6.07) is 8.38. The van der Waals surface area contributed by atoms with Crippen molar-refractivity contribution in [3.8, 4) is 6.07 Å². The van der Waals surface area contributed by atoms with Gasteiger partial charge in [0.05, 0.1) is 6.07 Å². The van der Waals surface area contributed by atoms with Crippen LogP contribution in [0.15, 0.2) is 29.2 Å². The fraction of sp³-hybridized carbons (Fsp3) is 0.500. The van der Waals surface area contributed by atoms with Crippen LogP contribution < -0.4 is 5.32 Å². The molecule has 1 aliphatic rings. The Bertz CT molecular complexity index is 526. The van der Waals surface area contributed by atoms with Crippen LogP contribution >= 0.6 is 11.8 Å². The second kappa shape index (κ2) is 7.46. The largest absolute Gasteiger partial charge is 0.343 e. The van der Waals surface area contributed by atoms with Gasteiger partial charge in [-0.2, -0.15) is 5.26 Å². The van der Waals surface area contributed by atoms with Crippen molar-refractivity contribution in [2.45, 2.75) is 24.7 Å². The average Bonchev–Trinajstić information content (AvgIpc) is 2.85. The molecule has 0 saturated heterocycles. The van der Waals surface area contributed by atoms with Crippen molar-refractivity contribution in [2.24, 2.45) is 17.8 Å². The molecular formula is C16H19FN2OS. The lowest BCUT2D eigenvalue weighted by Crippen LogP contribution is -2.33. The number of nitrogens with one attached hydrogen (secondary N) is 1. The lowest BCUT2D eigenvalue weighted by Gasteiger charge is -2.18. The number of hydrogen-bond acceptors (Lipinski definition) is 3. The number of nitrogens with zero attached hydrogens (tertiary/aromatic N) is 1. The van der Waals surface area contributed by atoms with Gasteiger partial charge in [0.15, 0.2) is 0 Å². The van der Waals surface area contributed by atoms with Gasteiger partial charge in [-0.05, 0) is 48.9 Å². The molecule has 1 amide bonds. The molecule has 1 aromatic rings. The highest BCUT2D eigenvalue weighted by atomic mass is 32.2. The number of hydrogen-bond donors (Lipinski definition) is 1. The zero-order valence-corrected chi connectivity index (χ0v) is 12.8. The van der Waals surface area contributed by atoms with E-state index >= 15 is 0 Å². The number of carbonyl (C=O) groups is 1. The monoisotopic (exact) mass is 306 g/mol. The van der Waals surface area contributed by atoms with E-state index in [-0.39, 0.29) is 24.2 Å². The van der Waals surface area contributed by atoms with Crippen molar-refractivity contribution in [3.05, 3.63) is 30.1 Å². The lowest BCUT2D eigenvalue weighted by molar-refractivity contribution is -0.125. The molecule has 1 saturated carbocycles. The van der Waals surface area contributed by atoms with Gasteiger partial charge in [-0.3, -0.25) is 4.79 Å². The maximum Gasteiger partial charge on any atom is 0.224 e. The van der Waals surface area contributed by atoms with Crippen molar-refractivity contribution in [1.82, 2.24) is 5.32 Å². The number of benzene rings is 1. The summed E-state index contributed by atoms with van der Waals surface area (Å²) in [4.78, 5) is 13.1. The Morgan fingerprint density at radius 3 is 2.81 bits per heavy atom. The Kier molecular flexibility index (Phi) is 5.63. The quantitative estimate of drug-likeness (QED) is 0.671. The predicted octanol–water partition coefficient (Wildman–Crippen LogP) is 3.22. The summed E-state index contributed by atoms with van der Waals surface area (Å²) in [6.45, 7) is 2.23. The van der Waals surface area contributed by atoms with E-state index in [9.17, 15) is 9.18 Å². The highest BCUT2D eigenvalue weighted by Crippen LogP contribution is 2.39. The van der Waals surface area contributed by atoms with Gasteiger partial charge in [0.1, 0.15) is 12.4 Å². The van der Waals surface area contributed by atoms with Crippen LogP contribution in [-0.2, 0) is 4.79 Å². The number of carbonyl (C=O) groups excluding carboxylic acids is 1. The molecule has 0 aliphatic heterocycles. The number of halogens is 1. The van der Waals surface area contributed by atoms with Crippen LogP contribution in [0.2, 0.25) is 0 Å². The van der Waals surface area contributed by atoms with Gasteiger partial charge in [-0.25, -0.2) is 4.39 Å². The van der Waals surface area contributed by atoms with E-state index < -0.39 is 0 Å². The maximum absolute atomic E-state index is 12.9. The van der Waals surface area contributed by atoms with E-state index in [0.717, 1.165) is 23.5 Å². The summed E-state index contributed by atoms with van der Waals surface area (Å²) in [6.07, 6.45) is 1.91. The van der Waals surface area contributed by atoms with E-state index in [2.05, 4.69) is 12.2 Å². The molecule has 1 unspecified atom stereocenters. The standard InChI is InChI=1S/C16H19FN2OS/c1-11-8-12(15(9-11)16(20)19-7-6-18)10-21-14-4-2-13(17)3-5-14/h2-5,11-12,15H,7-10H2,1H3,(H,19,20)/t11?,12-,15+/m0/s1. The van der Waals surface area contributed by atoms with Crippen molar-refractivity contribution in [3.63, 3.8) is 0 Å². The van der Waals surface area contributed by atoms with E-state index in [1.165, 1.54) is 12.1 Å². The Labute approximate surface area is 128 Å². The highest BCUT2D eigenvalue weighted by molar-refractivity contribution is 7.99. The first kappa shape index (κ1) is 15.8. The molecule has 112 valence electrons. The summed E-state index contributed by atoms with van der Waals surface area (Å²) in [5, 5.41) is 11.2. The molecule has 21 heavy (non-hydrogen) atoms. The van der Waals surface area contributed by atoms with E-state index in [1.807, 2.05) is 6.07 Å². The molecular weight excluding hydrogens is 287 g/mol. The van der Waals surface area contributed by atoms with Gasteiger partial charge in [-0.15, -0.1) is 11.8 Å². The summed E-state index contributed by atoms with van der Waals surface area (Å²) in [5.41, 5.74) is 0. The smallest absolute Gasteiger partial charge is 0.224 e. The number of rotatable bonds is 5. The van der Waals surface area contributed by atoms with Crippen molar-refractivity contribution in [1.29, 1.82) is 5.26 Å². The third kappa shape index (κ3) is 4.47. The first-order valence-electron chi connectivity index (χ1n) is 7.13.